The number of piperazine rings is 1. The van der Waals surface area contributed by atoms with Crippen LogP contribution in [0.25, 0.3) is 0 Å². The molecule has 0 N–H and O–H groups in total. The van der Waals surface area contributed by atoms with Gasteiger partial charge < -0.3 is 0 Å². The van der Waals surface area contributed by atoms with Crippen LogP contribution in [0.2, 0.25) is 0 Å². The molecule has 90 valence electrons. The van der Waals surface area contributed by atoms with Crippen molar-refractivity contribution in [2.45, 2.75) is 19.4 Å². The van der Waals surface area contributed by atoms with Gasteiger partial charge in [-0.25, -0.2) is 8.42 Å². The Bertz CT molecular complexity index is 395. The molecule has 1 saturated heterocycles. The van der Waals surface area contributed by atoms with Crippen LogP contribution >= 0.6 is 0 Å². The van der Waals surface area contributed by atoms with E-state index in [2.05, 4.69) is 16.7 Å². The summed E-state index contributed by atoms with van der Waals surface area (Å²) in [4.78, 5) is 2.15. The number of nitrogens with zero attached hydrogens (tertiary/aromatic N) is 2. The molecule has 0 aromatic carbocycles. The van der Waals surface area contributed by atoms with E-state index in [4.69, 9.17) is 6.92 Å². The Morgan fingerprint density at radius 1 is 1.19 bits per heavy atom. The summed E-state index contributed by atoms with van der Waals surface area (Å²) in [6.07, 6.45) is 1.24. The third-order valence-corrected chi connectivity index (χ3v) is 4.18. The summed E-state index contributed by atoms with van der Waals surface area (Å²) in [6, 6.07) is 0. The third kappa shape index (κ3) is 3.21. The number of hydrogen-bond acceptors (Lipinski definition) is 3. The second-order valence-corrected chi connectivity index (χ2v) is 6.46. The molecular weight excluding hydrogens is 224 g/mol. The van der Waals surface area contributed by atoms with Gasteiger partial charge in [-0.3, -0.25) is 4.90 Å². The lowest BCUT2D eigenvalue weighted by atomic mass is 10.0. The second kappa shape index (κ2) is 4.74. The van der Waals surface area contributed by atoms with E-state index in [1.165, 1.54) is 10.6 Å². The highest BCUT2D eigenvalue weighted by Gasteiger charge is 2.30. The Balaban J connectivity index is 2.65. The average molecular weight is 242 g/mol. The first-order valence-corrected chi connectivity index (χ1v) is 7.05. The topological polar surface area (TPSA) is 40.6 Å². The van der Waals surface area contributed by atoms with E-state index in [0.29, 0.717) is 26.2 Å². The highest BCUT2D eigenvalue weighted by atomic mass is 32.2. The van der Waals surface area contributed by atoms with Crippen LogP contribution in [0.3, 0.4) is 0 Å². The zero-order chi connectivity index (χ0) is 12.4. The Morgan fingerprint density at radius 2 is 1.69 bits per heavy atom. The molecule has 0 atom stereocenters. The van der Waals surface area contributed by atoms with Crippen molar-refractivity contribution in [3.05, 3.63) is 6.92 Å². The lowest BCUT2D eigenvalue weighted by Gasteiger charge is -2.40. The lowest BCUT2D eigenvalue weighted by Crippen LogP contribution is -2.55. The maximum absolute atomic E-state index is 11.3. The van der Waals surface area contributed by atoms with E-state index in [-0.39, 0.29) is 5.54 Å². The Kier molecular flexibility index (Phi) is 4.00. The average Bonchev–Trinajstić information content (AvgIpc) is 2.16. The maximum atomic E-state index is 11.3. The van der Waals surface area contributed by atoms with E-state index in [0.717, 1.165) is 0 Å². The molecule has 1 heterocycles. The van der Waals surface area contributed by atoms with Crippen LogP contribution in [0.1, 0.15) is 13.8 Å². The van der Waals surface area contributed by atoms with Gasteiger partial charge in [0.2, 0.25) is 10.0 Å². The van der Waals surface area contributed by atoms with Crippen molar-refractivity contribution in [3.63, 3.8) is 0 Å². The Morgan fingerprint density at radius 3 is 2.06 bits per heavy atom. The molecule has 1 fully saturated rings. The molecule has 0 aliphatic carbocycles. The molecule has 0 unspecified atom stereocenters. The molecule has 2 radical (unpaired) electrons. The van der Waals surface area contributed by atoms with Gasteiger partial charge in [-0.2, -0.15) is 4.31 Å². The summed E-state index contributed by atoms with van der Waals surface area (Å²) in [5.74, 6) is 5.35. The lowest BCUT2D eigenvalue weighted by molar-refractivity contribution is 0.117. The van der Waals surface area contributed by atoms with Gasteiger partial charge in [0.05, 0.1) is 18.7 Å². The predicted molar refractivity (Wildman–Crippen MR) is 64.1 cm³/mol. The molecule has 0 bridgehead atoms. The zero-order valence-corrected chi connectivity index (χ0v) is 10.8. The van der Waals surface area contributed by atoms with Crippen LogP contribution in [-0.4, -0.2) is 55.6 Å². The van der Waals surface area contributed by atoms with Crippen LogP contribution in [0.15, 0.2) is 0 Å². The molecule has 4 nitrogen and oxygen atoms in total. The molecule has 0 aromatic rings. The first kappa shape index (κ1) is 13.5. The molecular formula is C11H18N2O2S. The number of hydrogen-bond donors (Lipinski definition) is 0. The molecule has 0 saturated carbocycles. The van der Waals surface area contributed by atoms with E-state index in [1.54, 1.807) is 0 Å². The Labute approximate surface area is 98.7 Å². The van der Waals surface area contributed by atoms with Gasteiger partial charge in [-0.05, 0) is 13.8 Å². The molecule has 16 heavy (non-hydrogen) atoms. The number of sulfonamides is 1. The summed E-state index contributed by atoms with van der Waals surface area (Å²) >= 11 is 0. The van der Waals surface area contributed by atoms with Crippen LogP contribution < -0.4 is 0 Å². The van der Waals surface area contributed by atoms with Crippen LogP contribution in [0, 0.1) is 18.8 Å². The predicted octanol–water partition coefficient (Wildman–Crippen LogP) is 0.0567. The minimum Gasteiger partial charge on any atom is -0.285 e. The first-order chi connectivity index (χ1) is 7.27. The summed E-state index contributed by atoms with van der Waals surface area (Å²) in [7, 11) is -3.06. The SMILES string of the molecule is [CH]C#CC(C)(C)N1CCN(S(C)(=O)=O)CC1. The third-order valence-electron chi connectivity index (χ3n) is 2.88. The van der Waals surface area contributed by atoms with Gasteiger partial charge in [0.1, 0.15) is 0 Å². The second-order valence-electron chi connectivity index (χ2n) is 4.48. The first-order valence-electron chi connectivity index (χ1n) is 5.20. The van der Waals surface area contributed by atoms with E-state index in [9.17, 15) is 8.42 Å². The minimum atomic E-state index is -3.06. The van der Waals surface area contributed by atoms with Crippen molar-refractivity contribution in [2.24, 2.45) is 0 Å². The standard InChI is InChI=1S/C11H18N2O2S/c1-5-6-11(2,3)12-7-9-13(10-8-12)16(4,14)15/h1H,7-10H2,2-4H3. The van der Waals surface area contributed by atoms with Crippen LogP contribution in [0.5, 0.6) is 0 Å². The fraction of sp³-hybridized carbons (Fsp3) is 0.727. The van der Waals surface area contributed by atoms with Gasteiger partial charge >= 0.3 is 0 Å². The zero-order valence-electron chi connectivity index (χ0n) is 10.0. The summed E-state index contributed by atoms with van der Waals surface area (Å²) in [6.45, 7) is 11.6. The normalized spacial score (nSPS) is 20.2. The van der Waals surface area contributed by atoms with Crippen molar-refractivity contribution in [1.82, 2.24) is 9.21 Å². The molecule has 1 aliphatic heterocycles. The quantitative estimate of drug-likeness (QED) is 0.643. The largest absolute Gasteiger partial charge is 0.285 e. The fourth-order valence-electron chi connectivity index (χ4n) is 1.83. The summed E-state index contributed by atoms with van der Waals surface area (Å²) < 4.78 is 24.2. The van der Waals surface area contributed by atoms with Crippen molar-refractivity contribution < 1.29 is 8.42 Å². The van der Waals surface area contributed by atoms with Gasteiger partial charge in [0.25, 0.3) is 0 Å². The minimum absolute atomic E-state index is 0.293. The van der Waals surface area contributed by atoms with Crippen molar-refractivity contribution in [3.8, 4) is 11.8 Å². The van der Waals surface area contributed by atoms with Crippen LogP contribution in [0.4, 0.5) is 0 Å². The molecule has 0 amide bonds. The van der Waals surface area contributed by atoms with Gasteiger partial charge in [-0.15, -0.1) is 0 Å². The van der Waals surface area contributed by atoms with Crippen molar-refractivity contribution in [1.29, 1.82) is 0 Å². The highest BCUT2D eigenvalue weighted by Crippen LogP contribution is 2.17. The molecule has 0 aromatic heterocycles. The Hall–Kier alpha value is -0.570. The molecule has 0 spiro atoms. The van der Waals surface area contributed by atoms with Crippen molar-refractivity contribution in [2.75, 3.05) is 32.4 Å². The van der Waals surface area contributed by atoms with E-state index >= 15 is 0 Å². The highest BCUT2D eigenvalue weighted by molar-refractivity contribution is 7.88. The van der Waals surface area contributed by atoms with Gasteiger partial charge in [0, 0.05) is 26.2 Å². The molecule has 5 heteroatoms. The molecule has 1 aliphatic rings. The van der Waals surface area contributed by atoms with E-state index in [1.807, 2.05) is 13.8 Å². The summed E-state index contributed by atoms with van der Waals surface area (Å²) in [5.41, 5.74) is -0.293. The van der Waals surface area contributed by atoms with Gasteiger partial charge in [0.15, 0.2) is 0 Å². The fourth-order valence-corrected chi connectivity index (χ4v) is 2.66. The monoisotopic (exact) mass is 242 g/mol. The maximum Gasteiger partial charge on any atom is 0.211 e. The van der Waals surface area contributed by atoms with Gasteiger partial charge in [-0.1, -0.05) is 11.8 Å². The number of rotatable bonds is 2. The van der Waals surface area contributed by atoms with Crippen LogP contribution in [-0.2, 0) is 10.0 Å². The van der Waals surface area contributed by atoms with E-state index < -0.39 is 10.0 Å². The molecule has 1 rings (SSSR count). The van der Waals surface area contributed by atoms with Crippen molar-refractivity contribution >= 4 is 10.0 Å². The smallest absolute Gasteiger partial charge is 0.211 e. The summed E-state index contributed by atoms with van der Waals surface area (Å²) in [5, 5.41) is 0.